The van der Waals surface area contributed by atoms with Crippen molar-refractivity contribution in [1.29, 1.82) is 0 Å². The summed E-state index contributed by atoms with van der Waals surface area (Å²) in [6.45, 7) is 0. The Kier molecular flexibility index (Phi) is 6.15. The summed E-state index contributed by atoms with van der Waals surface area (Å²) in [5.41, 5.74) is 6.24. The van der Waals surface area contributed by atoms with Crippen LogP contribution in [-0.4, -0.2) is 19.5 Å². The summed E-state index contributed by atoms with van der Waals surface area (Å²) in [5.74, 6) is 1.93. The van der Waals surface area contributed by atoms with E-state index in [-0.39, 0.29) is 0 Å². The summed E-state index contributed by atoms with van der Waals surface area (Å²) < 4.78 is 2.44. The van der Waals surface area contributed by atoms with Gasteiger partial charge in [-0.2, -0.15) is 0 Å². The summed E-state index contributed by atoms with van der Waals surface area (Å²) in [6, 6.07) is 59.8. The highest BCUT2D eigenvalue weighted by molar-refractivity contribution is 6.32. The van der Waals surface area contributed by atoms with E-state index < -0.39 is 0 Å². The Hall–Kier alpha value is -6.65. The summed E-state index contributed by atoms with van der Waals surface area (Å²) in [5, 5.41) is 9.92. The molecule has 0 aliphatic rings. The maximum atomic E-state index is 5.05. The quantitative estimate of drug-likeness (QED) is 0.183. The molecule has 4 heteroatoms. The van der Waals surface area contributed by atoms with Gasteiger partial charge in [0, 0.05) is 38.5 Å². The van der Waals surface area contributed by atoms with E-state index in [1.54, 1.807) is 0 Å². The van der Waals surface area contributed by atoms with E-state index in [0.717, 1.165) is 27.9 Å². The number of hydrogen-bond donors (Lipinski definition) is 0. The normalized spacial score (nSPS) is 11.7. The number of fused-ring (bicyclic) bond motifs is 9. The average molecular weight is 625 g/mol. The Labute approximate surface area is 282 Å². The molecule has 0 amide bonds. The van der Waals surface area contributed by atoms with E-state index in [1.165, 1.54) is 48.6 Å². The lowest BCUT2D eigenvalue weighted by atomic mass is 9.96. The fourth-order valence-electron chi connectivity index (χ4n) is 7.35. The minimum atomic E-state index is 0.635. The van der Waals surface area contributed by atoms with Gasteiger partial charge in [0.05, 0.1) is 11.0 Å². The highest BCUT2D eigenvalue weighted by Crippen LogP contribution is 2.43. The van der Waals surface area contributed by atoms with Gasteiger partial charge in [-0.15, -0.1) is 0 Å². The molecule has 0 bridgehead atoms. The maximum absolute atomic E-state index is 5.05. The van der Waals surface area contributed by atoms with Crippen molar-refractivity contribution in [2.24, 2.45) is 0 Å². The zero-order valence-corrected chi connectivity index (χ0v) is 26.5. The van der Waals surface area contributed by atoms with Crippen LogP contribution in [0.4, 0.5) is 0 Å². The first-order valence-corrected chi connectivity index (χ1v) is 16.5. The second-order valence-corrected chi connectivity index (χ2v) is 12.5. The first-order valence-electron chi connectivity index (χ1n) is 16.5. The molecule has 2 aromatic heterocycles. The zero-order valence-electron chi connectivity index (χ0n) is 26.5. The Morgan fingerprint density at radius 2 is 0.837 bits per heavy atom. The molecule has 0 spiro atoms. The van der Waals surface area contributed by atoms with E-state index in [2.05, 4.69) is 114 Å². The van der Waals surface area contributed by atoms with Crippen LogP contribution in [0, 0.1) is 0 Å². The van der Waals surface area contributed by atoms with Gasteiger partial charge in [-0.05, 0) is 51.2 Å². The monoisotopic (exact) mass is 624 g/mol. The van der Waals surface area contributed by atoms with Crippen LogP contribution in [0.5, 0.6) is 0 Å². The molecule has 49 heavy (non-hydrogen) atoms. The Bertz CT molecular complexity index is 2820. The van der Waals surface area contributed by atoms with E-state index in [4.69, 9.17) is 15.0 Å². The molecule has 0 saturated carbocycles. The van der Waals surface area contributed by atoms with Crippen molar-refractivity contribution in [3.8, 4) is 39.9 Å². The smallest absolute Gasteiger partial charge is 0.164 e. The molecule has 0 saturated heterocycles. The van der Waals surface area contributed by atoms with Crippen LogP contribution in [0.25, 0.3) is 94.0 Å². The van der Waals surface area contributed by atoms with Crippen molar-refractivity contribution in [2.75, 3.05) is 0 Å². The molecule has 0 unspecified atom stereocenters. The van der Waals surface area contributed by atoms with Gasteiger partial charge in [-0.3, -0.25) is 0 Å². The number of benzene rings is 8. The lowest BCUT2D eigenvalue weighted by Gasteiger charge is -2.13. The van der Waals surface area contributed by atoms with Crippen LogP contribution in [0.1, 0.15) is 0 Å². The number of aromatic nitrogens is 4. The van der Waals surface area contributed by atoms with Gasteiger partial charge in [0.15, 0.2) is 17.5 Å². The van der Waals surface area contributed by atoms with Crippen molar-refractivity contribution in [2.45, 2.75) is 0 Å². The molecule has 0 aliphatic carbocycles. The average Bonchev–Trinajstić information content (AvgIpc) is 3.52. The van der Waals surface area contributed by atoms with Crippen molar-refractivity contribution in [3.63, 3.8) is 0 Å². The van der Waals surface area contributed by atoms with E-state index in [0.29, 0.717) is 17.5 Å². The van der Waals surface area contributed by atoms with Crippen LogP contribution in [-0.2, 0) is 0 Å². The fourth-order valence-corrected chi connectivity index (χ4v) is 7.35. The molecule has 0 atom stereocenters. The number of rotatable bonds is 4. The van der Waals surface area contributed by atoms with Crippen LogP contribution < -0.4 is 0 Å². The van der Waals surface area contributed by atoms with Gasteiger partial charge in [0.25, 0.3) is 0 Å². The summed E-state index contributed by atoms with van der Waals surface area (Å²) in [4.78, 5) is 15.0. The predicted molar refractivity (Wildman–Crippen MR) is 203 cm³/mol. The molecular formula is C45H28N4. The third-order valence-corrected chi connectivity index (χ3v) is 9.57. The minimum Gasteiger partial charge on any atom is -0.309 e. The molecular weight excluding hydrogens is 597 g/mol. The Morgan fingerprint density at radius 3 is 1.49 bits per heavy atom. The number of hydrogen-bond acceptors (Lipinski definition) is 3. The second-order valence-electron chi connectivity index (χ2n) is 12.5. The molecule has 8 aromatic carbocycles. The summed E-state index contributed by atoms with van der Waals surface area (Å²) in [7, 11) is 0. The SMILES string of the molecule is c1ccc(-c2nc(-c3ccccc3)nc(-c3cccc(-n4c5cc6ccccc6cc5c5c6ccccc6c6ccccc6c54)c3)n2)cc1. The van der Waals surface area contributed by atoms with Crippen molar-refractivity contribution < 1.29 is 0 Å². The van der Waals surface area contributed by atoms with E-state index in [9.17, 15) is 0 Å². The van der Waals surface area contributed by atoms with E-state index in [1.807, 2.05) is 60.7 Å². The van der Waals surface area contributed by atoms with Crippen molar-refractivity contribution >= 4 is 54.1 Å². The molecule has 0 N–H and O–H groups in total. The van der Waals surface area contributed by atoms with Crippen LogP contribution in [0.3, 0.4) is 0 Å². The molecule has 0 fully saturated rings. The zero-order chi connectivity index (χ0) is 32.3. The summed E-state index contributed by atoms with van der Waals surface area (Å²) >= 11 is 0. The molecule has 10 rings (SSSR count). The highest BCUT2D eigenvalue weighted by atomic mass is 15.0. The van der Waals surface area contributed by atoms with Gasteiger partial charge in [-0.1, -0.05) is 146 Å². The first-order chi connectivity index (χ1) is 24.3. The standard InChI is InChI=1S/C45H28N4/c1-3-14-29(15-4-1)43-46-44(30-16-5-2-6-17-30)48-45(47-43)33-20-13-21-34(26-33)49-40-28-32-19-8-7-18-31(32)27-39(40)41-37-24-11-9-22-35(37)36-23-10-12-25-38(36)42(41)49/h1-28H. The van der Waals surface area contributed by atoms with Gasteiger partial charge in [-0.25, -0.2) is 15.0 Å². The topological polar surface area (TPSA) is 43.6 Å². The lowest BCUT2D eigenvalue weighted by Crippen LogP contribution is -2.01. The summed E-state index contributed by atoms with van der Waals surface area (Å²) in [6.07, 6.45) is 0. The van der Waals surface area contributed by atoms with Crippen molar-refractivity contribution in [3.05, 3.63) is 170 Å². The van der Waals surface area contributed by atoms with Crippen LogP contribution >= 0.6 is 0 Å². The molecule has 10 aromatic rings. The Balaban J connectivity index is 1.29. The van der Waals surface area contributed by atoms with Gasteiger partial charge >= 0.3 is 0 Å². The second kappa shape index (κ2) is 11.0. The highest BCUT2D eigenvalue weighted by Gasteiger charge is 2.20. The van der Waals surface area contributed by atoms with Gasteiger partial charge < -0.3 is 4.57 Å². The largest absolute Gasteiger partial charge is 0.309 e. The van der Waals surface area contributed by atoms with Crippen molar-refractivity contribution in [1.82, 2.24) is 19.5 Å². The molecule has 0 aliphatic heterocycles. The van der Waals surface area contributed by atoms with Crippen LogP contribution in [0.2, 0.25) is 0 Å². The predicted octanol–water partition coefficient (Wildman–Crippen LogP) is 11.4. The minimum absolute atomic E-state index is 0.635. The number of nitrogens with zero attached hydrogens (tertiary/aromatic N) is 4. The molecule has 4 nitrogen and oxygen atoms in total. The van der Waals surface area contributed by atoms with Crippen LogP contribution in [0.15, 0.2) is 170 Å². The van der Waals surface area contributed by atoms with E-state index >= 15 is 0 Å². The Morgan fingerprint density at radius 1 is 0.347 bits per heavy atom. The molecule has 228 valence electrons. The third-order valence-electron chi connectivity index (χ3n) is 9.57. The maximum Gasteiger partial charge on any atom is 0.164 e. The first kappa shape index (κ1) is 27.5. The fraction of sp³-hybridized carbons (Fsp3) is 0. The van der Waals surface area contributed by atoms with Gasteiger partial charge in [0.2, 0.25) is 0 Å². The lowest BCUT2D eigenvalue weighted by molar-refractivity contribution is 1.07. The van der Waals surface area contributed by atoms with Gasteiger partial charge in [0.1, 0.15) is 0 Å². The molecule has 0 radical (unpaired) electrons. The third kappa shape index (κ3) is 4.42. The molecule has 2 heterocycles.